The van der Waals surface area contributed by atoms with Crippen LogP contribution in [-0.2, 0) is 0 Å². The van der Waals surface area contributed by atoms with E-state index in [1.54, 1.807) is 69.8 Å². The zero-order valence-corrected chi connectivity index (χ0v) is 28.1. The predicted molar refractivity (Wildman–Crippen MR) is 183 cm³/mol. The first kappa shape index (κ1) is 30.0. The molecule has 2 heteroatoms. The molecule has 6 rings (SSSR count). The molecule has 0 nitrogen and oxygen atoms in total. The van der Waals surface area contributed by atoms with Crippen LogP contribution in [0.1, 0.15) is 172 Å². The van der Waals surface area contributed by atoms with Crippen molar-refractivity contribution in [3.63, 3.8) is 0 Å². The van der Waals surface area contributed by atoms with Crippen LogP contribution in [-0.4, -0.2) is 33.3 Å². The molecule has 0 aromatic heterocycles. The van der Waals surface area contributed by atoms with Crippen LogP contribution < -0.4 is 0 Å². The summed E-state index contributed by atoms with van der Waals surface area (Å²) in [5.41, 5.74) is 8.79. The van der Waals surface area contributed by atoms with E-state index in [2.05, 4.69) is 36.2 Å². The van der Waals surface area contributed by atoms with Crippen molar-refractivity contribution in [3.05, 3.63) is 35.4 Å². The van der Waals surface area contributed by atoms with Gasteiger partial charge in [0.15, 0.2) is 0 Å². The summed E-state index contributed by atoms with van der Waals surface area (Å²) in [4.78, 5) is 0. The summed E-state index contributed by atoms with van der Waals surface area (Å²) < 4.78 is 0. The third-order valence-corrected chi connectivity index (χ3v) is 23.7. The van der Waals surface area contributed by atoms with Crippen molar-refractivity contribution in [1.82, 2.24) is 0 Å². The first-order valence-electron chi connectivity index (χ1n) is 18.4. The second-order valence-corrected chi connectivity index (χ2v) is 22.2. The van der Waals surface area contributed by atoms with Gasteiger partial charge < -0.3 is 0 Å². The van der Waals surface area contributed by atoms with Crippen molar-refractivity contribution in [2.24, 2.45) is 0 Å². The number of hydrogen-bond donors (Lipinski definition) is 0. The van der Waals surface area contributed by atoms with E-state index in [1.807, 2.05) is 5.56 Å². The third kappa shape index (κ3) is 6.26. The topological polar surface area (TPSA) is 0 Å². The SMILES string of the molecule is Cc1ccccc1C(P(C1CCCCC1)C1CCCCC1)=P(C1CCCCC1)(C1CCCCC1)C1CCCCC1. The van der Waals surface area contributed by atoms with E-state index in [0.717, 1.165) is 28.3 Å². The number of benzene rings is 1. The molecule has 0 N–H and O–H groups in total. The van der Waals surface area contributed by atoms with E-state index in [0.29, 0.717) is 0 Å². The molecule has 0 aliphatic heterocycles. The molecule has 0 bridgehead atoms. The minimum Gasteiger partial charge on any atom is -0.0875 e. The molecule has 0 radical (unpaired) electrons. The van der Waals surface area contributed by atoms with E-state index >= 15 is 0 Å². The summed E-state index contributed by atoms with van der Waals surface area (Å²) in [7, 11) is -0.0492. The molecule has 5 aliphatic carbocycles. The first-order chi connectivity index (χ1) is 19.8. The quantitative estimate of drug-likeness (QED) is 0.281. The van der Waals surface area contributed by atoms with Crippen LogP contribution in [0.3, 0.4) is 0 Å². The van der Waals surface area contributed by atoms with Gasteiger partial charge in [0.2, 0.25) is 0 Å². The molecule has 0 heterocycles. The fraction of sp³-hybridized carbons (Fsp3) is 0.816. The average molecular weight is 581 g/mol. The highest BCUT2D eigenvalue weighted by atomic mass is 31.2. The highest BCUT2D eigenvalue weighted by Gasteiger charge is 2.49. The summed E-state index contributed by atoms with van der Waals surface area (Å²) in [5.74, 6) is 0. The van der Waals surface area contributed by atoms with Gasteiger partial charge in [-0.2, -0.15) is 0 Å². The van der Waals surface area contributed by atoms with Crippen LogP contribution >= 0.6 is 14.8 Å². The van der Waals surface area contributed by atoms with Crippen molar-refractivity contribution < 1.29 is 0 Å². The molecule has 0 unspecified atom stereocenters. The average Bonchev–Trinajstić information content (AvgIpc) is 3.04. The standard InChI is InChI=1S/C38H62P2/c1-31-19-17-18-30-37(31)38(39(32-20-7-2-8-21-32)33-22-9-3-10-23-33)40(34-24-11-4-12-25-34,35-26-13-5-14-27-35)36-28-15-6-16-29-36/h17-19,30,32-36H,2-16,20-29H2,1H3. The molecular weight excluding hydrogens is 518 g/mol. The summed E-state index contributed by atoms with van der Waals surface area (Å²) >= 11 is 0. The second kappa shape index (κ2) is 14.6. The van der Waals surface area contributed by atoms with Gasteiger partial charge in [-0.25, -0.2) is 0 Å². The lowest BCUT2D eigenvalue weighted by molar-refractivity contribution is 0.458. The van der Waals surface area contributed by atoms with E-state index in [9.17, 15) is 0 Å². The monoisotopic (exact) mass is 580 g/mol. The molecule has 5 aliphatic rings. The lowest BCUT2D eigenvalue weighted by Crippen LogP contribution is -2.37. The molecule has 5 saturated carbocycles. The van der Waals surface area contributed by atoms with Crippen molar-refractivity contribution in [2.75, 3.05) is 0 Å². The van der Waals surface area contributed by atoms with E-state index in [4.69, 9.17) is 0 Å². The largest absolute Gasteiger partial charge is 0.0875 e. The summed E-state index contributed by atoms with van der Waals surface area (Å²) in [6, 6.07) is 10.1. The van der Waals surface area contributed by atoms with Gasteiger partial charge >= 0.3 is 0 Å². The Hall–Kier alpha value is -0.0500. The lowest BCUT2D eigenvalue weighted by atomic mass is 9.99. The van der Waals surface area contributed by atoms with Gasteiger partial charge in [0, 0.05) is 0 Å². The third-order valence-electron chi connectivity index (χ3n) is 12.5. The van der Waals surface area contributed by atoms with Gasteiger partial charge in [0.1, 0.15) is 0 Å². The summed E-state index contributed by atoms with van der Waals surface area (Å²) in [6.07, 6.45) is 38.7. The molecule has 40 heavy (non-hydrogen) atoms. The number of hydrogen-bond acceptors (Lipinski definition) is 0. The maximum atomic E-state index is 2.70. The number of rotatable bonds is 7. The van der Waals surface area contributed by atoms with Crippen LogP contribution in [0.25, 0.3) is 0 Å². The van der Waals surface area contributed by atoms with Crippen molar-refractivity contribution in [1.29, 1.82) is 0 Å². The highest BCUT2D eigenvalue weighted by Crippen LogP contribution is 2.76. The highest BCUT2D eigenvalue weighted by molar-refractivity contribution is 7.97. The van der Waals surface area contributed by atoms with E-state index < -0.39 is 6.89 Å². The van der Waals surface area contributed by atoms with Crippen LogP contribution in [0.2, 0.25) is 0 Å². The predicted octanol–water partition coefficient (Wildman–Crippen LogP) is 12.6. The van der Waals surface area contributed by atoms with Gasteiger partial charge in [-0.15, -0.1) is 0 Å². The normalized spacial score (nSPS) is 25.9. The molecule has 1 aromatic rings. The Balaban J connectivity index is 1.67. The van der Waals surface area contributed by atoms with E-state index in [1.165, 1.54) is 96.3 Å². The van der Waals surface area contributed by atoms with Crippen LogP contribution in [0, 0.1) is 6.92 Å². The second-order valence-electron chi connectivity index (χ2n) is 14.8. The minimum atomic E-state index is -1.33. The summed E-state index contributed by atoms with van der Waals surface area (Å²) in [5, 5.41) is 2.30. The zero-order chi connectivity index (χ0) is 27.2. The Morgan fingerprint density at radius 1 is 0.500 bits per heavy atom. The zero-order valence-electron chi connectivity index (χ0n) is 26.3. The lowest BCUT2D eigenvalue weighted by Gasteiger charge is -2.55. The van der Waals surface area contributed by atoms with Gasteiger partial charge in [-0.3, -0.25) is 0 Å². The molecule has 1 aromatic carbocycles. The Morgan fingerprint density at radius 2 is 0.850 bits per heavy atom. The maximum absolute atomic E-state index is 2.70. The van der Waals surface area contributed by atoms with E-state index in [-0.39, 0.29) is 7.92 Å². The fourth-order valence-electron chi connectivity index (χ4n) is 10.7. The minimum absolute atomic E-state index is 0.0492. The van der Waals surface area contributed by atoms with Gasteiger partial charge in [-0.05, 0) is 116 Å². The smallest absolute Gasteiger partial charge is 0.0149 e. The van der Waals surface area contributed by atoms with Gasteiger partial charge in [0.05, 0.1) is 0 Å². The Morgan fingerprint density at radius 3 is 1.23 bits per heavy atom. The first-order valence-corrected chi connectivity index (χ1v) is 21.9. The molecule has 5 fully saturated rings. The molecule has 0 amide bonds. The maximum Gasteiger partial charge on any atom is -0.0149 e. The summed E-state index contributed by atoms with van der Waals surface area (Å²) in [6.45, 7) is 1.20. The van der Waals surface area contributed by atoms with Crippen LogP contribution in [0.15, 0.2) is 24.3 Å². The Bertz CT molecular complexity index is 893. The van der Waals surface area contributed by atoms with Crippen LogP contribution in [0.4, 0.5) is 0 Å². The molecular formula is C38H62P2. The van der Waals surface area contributed by atoms with Crippen molar-refractivity contribution in [3.8, 4) is 0 Å². The number of aryl methyl sites for hydroxylation is 1. The fourth-order valence-corrected chi connectivity index (χ4v) is 25.5. The Kier molecular flexibility index (Phi) is 11.0. The Labute approximate surface area is 250 Å². The van der Waals surface area contributed by atoms with Gasteiger partial charge in [0.25, 0.3) is 0 Å². The molecule has 0 saturated heterocycles. The van der Waals surface area contributed by atoms with Crippen molar-refractivity contribution in [2.45, 2.75) is 196 Å². The van der Waals surface area contributed by atoms with Crippen molar-refractivity contribution >= 4 is 19.8 Å². The molecule has 0 atom stereocenters. The molecule has 224 valence electrons. The van der Waals surface area contributed by atoms with Crippen LogP contribution in [0.5, 0.6) is 0 Å². The molecule has 0 spiro atoms. The van der Waals surface area contributed by atoms with Gasteiger partial charge in [-0.1, -0.05) is 135 Å².